The van der Waals surface area contributed by atoms with E-state index >= 15 is 0 Å². The third kappa shape index (κ3) is 3.39. The Morgan fingerprint density at radius 2 is 2.25 bits per heavy atom. The van der Waals surface area contributed by atoms with Crippen molar-refractivity contribution in [3.05, 3.63) is 0 Å². The van der Waals surface area contributed by atoms with Crippen molar-refractivity contribution in [1.82, 2.24) is 0 Å². The van der Waals surface area contributed by atoms with Gasteiger partial charge in [-0.2, -0.15) is 0 Å². The molecule has 0 unspecified atom stereocenters. The van der Waals surface area contributed by atoms with E-state index in [0.29, 0.717) is 13.8 Å². The van der Waals surface area contributed by atoms with E-state index in [1.54, 1.807) is 0 Å². The van der Waals surface area contributed by atoms with Gasteiger partial charge in [-0.15, -0.1) is 0 Å². The standard InChI is InChI=1S/CH4SSe2/c2-4-1-3/h2-3H,1H2/p-1. The van der Waals surface area contributed by atoms with E-state index in [-0.39, 0.29) is 0 Å². The summed E-state index contributed by atoms with van der Waals surface area (Å²) in [6, 6.07) is 0. The SMILES string of the molecule is S[Se]C[Se-]. The minimum atomic E-state index is 0.556. The molecule has 0 rings (SSSR count). The molecule has 0 spiro atoms. The summed E-state index contributed by atoms with van der Waals surface area (Å²) in [6.07, 6.45) is 0. The maximum atomic E-state index is 3.95. The van der Waals surface area contributed by atoms with Gasteiger partial charge in [0.05, 0.1) is 0 Å². The van der Waals surface area contributed by atoms with Gasteiger partial charge < -0.3 is 0 Å². The van der Waals surface area contributed by atoms with Gasteiger partial charge in [0.2, 0.25) is 0 Å². The van der Waals surface area contributed by atoms with Crippen LogP contribution in [0.2, 0.25) is 4.22 Å². The Labute approximate surface area is 45.2 Å². The first kappa shape index (κ1) is 5.39. The second-order valence-corrected chi connectivity index (χ2v) is 5.19. The van der Waals surface area contributed by atoms with Gasteiger partial charge in [0.15, 0.2) is 0 Å². The fraction of sp³-hybridized carbons (Fsp3) is 1.00. The molecule has 0 aliphatic heterocycles. The summed E-state index contributed by atoms with van der Waals surface area (Å²) in [5, 5.41) is 0. The molecule has 0 aromatic carbocycles. The first-order valence-corrected chi connectivity index (χ1v) is 5.85. The monoisotopic (exact) mass is 207 g/mol. The third-order valence-electron chi connectivity index (χ3n) is 0.0527. The van der Waals surface area contributed by atoms with Crippen LogP contribution in [0.15, 0.2) is 0 Å². The minimum absolute atomic E-state index is 0.556. The number of rotatable bonds is 1. The Morgan fingerprint density at radius 3 is 2.25 bits per heavy atom. The first-order chi connectivity index (χ1) is 1.91. The van der Waals surface area contributed by atoms with E-state index in [2.05, 4.69) is 27.1 Å². The molecule has 0 bridgehead atoms. The first-order valence-electron chi connectivity index (χ1n) is 0.760. The normalized spacial score (nSPS) is 7.50. The summed E-state index contributed by atoms with van der Waals surface area (Å²) < 4.78 is 1.12. The molecule has 0 fully saturated rings. The second kappa shape index (κ2) is 4.39. The predicted octanol–water partition coefficient (Wildman–Crippen LogP) is 0.0797. The molecule has 0 N–H and O–H groups in total. The van der Waals surface area contributed by atoms with Crippen LogP contribution in [0.25, 0.3) is 0 Å². The van der Waals surface area contributed by atoms with Crippen molar-refractivity contribution < 1.29 is 0 Å². The zero-order valence-corrected chi connectivity index (χ0v) is 6.29. The molecule has 0 atom stereocenters. The molecule has 0 saturated heterocycles. The Morgan fingerprint density at radius 1 is 2.00 bits per heavy atom. The molecular formula is CH3SSe2-. The van der Waals surface area contributed by atoms with Gasteiger partial charge in [-0.25, -0.2) is 0 Å². The Hall–Kier alpha value is 1.39. The Balaban J connectivity index is 1.97. The van der Waals surface area contributed by atoms with Gasteiger partial charge >= 0.3 is 45.1 Å². The quantitative estimate of drug-likeness (QED) is 0.454. The maximum absolute atomic E-state index is 3.95. The van der Waals surface area contributed by atoms with Crippen LogP contribution in [0.4, 0.5) is 0 Å². The average Bonchev–Trinajstić information content (AvgIpc) is 1.37. The summed E-state index contributed by atoms with van der Waals surface area (Å²) >= 11 is 7.35. The Kier molecular flexibility index (Phi) is 5.91. The van der Waals surface area contributed by atoms with Crippen molar-refractivity contribution in [2.75, 3.05) is 0 Å². The van der Waals surface area contributed by atoms with Gasteiger partial charge in [0.25, 0.3) is 0 Å². The summed E-state index contributed by atoms with van der Waals surface area (Å²) in [5.41, 5.74) is 0. The fourth-order valence-electron chi connectivity index (χ4n) is 0. The molecule has 0 aliphatic rings. The van der Waals surface area contributed by atoms with E-state index in [1.807, 2.05) is 0 Å². The van der Waals surface area contributed by atoms with E-state index in [0.717, 1.165) is 4.22 Å². The predicted molar refractivity (Wildman–Crippen MR) is 25.3 cm³/mol. The van der Waals surface area contributed by atoms with Crippen LogP contribution >= 0.6 is 11.0 Å². The molecule has 0 aromatic rings. The van der Waals surface area contributed by atoms with Crippen LogP contribution in [0.5, 0.6) is 0 Å². The van der Waals surface area contributed by atoms with E-state index in [9.17, 15) is 0 Å². The molecule has 26 valence electrons. The summed E-state index contributed by atoms with van der Waals surface area (Å²) in [5.74, 6) is 0. The van der Waals surface area contributed by atoms with Gasteiger partial charge in [0.1, 0.15) is 0 Å². The molecule has 0 aliphatic carbocycles. The average molecular weight is 205 g/mol. The van der Waals surface area contributed by atoms with Crippen molar-refractivity contribution >= 4 is 40.9 Å². The second-order valence-electron chi connectivity index (χ2n) is 0.247. The zero-order chi connectivity index (χ0) is 3.41. The van der Waals surface area contributed by atoms with Crippen LogP contribution in [-0.4, -0.2) is 29.8 Å². The van der Waals surface area contributed by atoms with Crippen molar-refractivity contribution in [3.63, 3.8) is 0 Å². The molecule has 0 saturated carbocycles. The summed E-state index contributed by atoms with van der Waals surface area (Å²) in [4.78, 5) is 0. The molecule has 0 radical (unpaired) electrons. The number of hydrogen-bond acceptors (Lipinski definition) is 1. The number of hydrogen-bond donors (Lipinski definition) is 1. The molecule has 0 aromatic heterocycles. The zero-order valence-electron chi connectivity index (χ0n) is 1.97. The molecular weight excluding hydrogens is 202 g/mol. The molecule has 0 amide bonds. The Bertz CT molecular complexity index is 8.00. The van der Waals surface area contributed by atoms with E-state index < -0.39 is 0 Å². The molecule has 3 heteroatoms. The van der Waals surface area contributed by atoms with E-state index in [1.165, 1.54) is 0 Å². The van der Waals surface area contributed by atoms with Crippen LogP contribution in [0.3, 0.4) is 0 Å². The summed E-state index contributed by atoms with van der Waals surface area (Å²) in [6.45, 7) is 0. The molecule has 4 heavy (non-hydrogen) atoms. The van der Waals surface area contributed by atoms with Crippen LogP contribution in [0, 0.1) is 0 Å². The van der Waals surface area contributed by atoms with Gasteiger partial charge in [-0.3, -0.25) is 0 Å². The fourth-order valence-corrected chi connectivity index (χ4v) is 0. The molecule has 0 heterocycles. The van der Waals surface area contributed by atoms with Gasteiger partial charge in [0, 0.05) is 0 Å². The number of thiol groups is 1. The van der Waals surface area contributed by atoms with Crippen molar-refractivity contribution in [1.29, 1.82) is 0 Å². The summed E-state index contributed by atoms with van der Waals surface area (Å²) in [7, 11) is 0. The molecule has 0 nitrogen and oxygen atoms in total. The van der Waals surface area contributed by atoms with Crippen LogP contribution in [-0.2, 0) is 0 Å². The van der Waals surface area contributed by atoms with Gasteiger partial charge in [-0.1, -0.05) is 0 Å². The van der Waals surface area contributed by atoms with Crippen molar-refractivity contribution in [2.24, 2.45) is 0 Å². The topological polar surface area (TPSA) is 0 Å². The van der Waals surface area contributed by atoms with Crippen LogP contribution < -0.4 is 0 Å². The van der Waals surface area contributed by atoms with Crippen molar-refractivity contribution in [3.8, 4) is 0 Å². The third-order valence-corrected chi connectivity index (χ3v) is 4.27. The van der Waals surface area contributed by atoms with Crippen LogP contribution in [0.1, 0.15) is 0 Å². The van der Waals surface area contributed by atoms with Gasteiger partial charge in [-0.05, 0) is 0 Å². The van der Waals surface area contributed by atoms with Crippen molar-refractivity contribution in [2.45, 2.75) is 4.22 Å². The van der Waals surface area contributed by atoms with E-state index in [4.69, 9.17) is 0 Å².